The molecule has 1 heterocycles. The Morgan fingerprint density at radius 1 is 1.00 bits per heavy atom. The van der Waals surface area contributed by atoms with E-state index in [2.05, 4.69) is 17.1 Å². The maximum atomic E-state index is 3.48. The summed E-state index contributed by atoms with van der Waals surface area (Å²) < 4.78 is 0. The topological polar surface area (TPSA) is 15.3 Å². The van der Waals surface area contributed by atoms with Crippen molar-refractivity contribution in [3.8, 4) is 0 Å². The molecular weight excluding hydrogens is 232 g/mol. The van der Waals surface area contributed by atoms with E-state index in [1.807, 2.05) is 0 Å². The predicted octanol–water partition coefficient (Wildman–Crippen LogP) is 2.74. The second-order valence-corrected chi connectivity index (χ2v) is 8.23. The monoisotopic (exact) mass is 262 g/mol. The predicted molar refractivity (Wildman–Crippen MR) is 79.1 cm³/mol. The fourth-order valence-electron chi connectivity index (χ4n) is 6.26. The van der Waals surface area contributed by atoms with Gasteiger partial charge in [-0.3, -0.25) is 0 Å². The summed E-state index contributed by atoms with van der Waals surface area (Å²) in [7, 11) is 0. The molecule has 0 spiro atoms. The van der Waals surface area contributed by atoms with Crippen molar-refractivity contribution in [3.05, 3.63) is 0 Å². The van der Waals surface area contributed by atoms with Crippen molar-refractivity contribution in [2.45, 2.75) is 45.4 Å². The van der Waals surface area contributed by atoms with Gasteiger partial charge in [0.05, 0.1) is 0 Å². The molecule has 5 fully saturated rings. The molecule has 1 atom stereocenters. The Hall–Kier alpha value is -0.0800. The smallest absolute Gasteiger partial charge is 0.0107 e. The standard InChI is InChI=1S/C17H30N2/c1-13(12-19-4-2-18-3-5-19)17-9-14-6-15(10-17)8-16(7-14)11-17/h13-16,18H,2-12H2,1H3. The lowest BCUT2D eigenvalue weighted by Crippen LogP contribution is -2.53. The molecule has 5 rings (SSSR count). The fourth-order valence-corrected chi connectivity index (χ4v) is 6.26. The fraction of sp³-hybridized carbons (Fsp3) is 1.00. The van der Waals surface area contributed by atoms with Crippen LogP contribution >= 0.6 is 0 Å². The highest BCUT2D eigenvalue weighted by molar-refractivity contribution is 5.03. The quantitative estimate of drug-likeness (QED) is 0.841. The average Bonchev–Trinajstić information content (AvgIpc) is 2.38. The summed E-state index contributed by atoms with van der Waals surface area (Å²) in [5, 5.41) is 3.48. The number of nitrogens with zero attached hydrogens (tertiary/aromatic N) is 1. The second-order valence-electron chi connectivity index (χ2n) is 8.23. The molecule has 0 aromatic rings. The first-order chi connectivity index (χ1) is 9.23. The van der Waals surface area contributed by atoms with E-state index < -0.39 is 0 Å². The van der Waals surface area contributed by atoms with Crippen molar-refractivity contribution in [2.75, 3.05) is 32.7 Å². The van der Waals surface area contributed by atoms with Gasteiger partial charge in [-0.25, -0.2) is 0 Å². The molecule has 1 aliphatic heterocycles. The van der Waals surface area contributed by atoms with Crippen molar-refractivity contribution >= 4 is 0 Å². The molecule has 0 aromatic carbocycles. The van der Waals surface area contributed by atoms with Crippen LogP contribution < -0.4 is 5.32 Å². The average molecular weight is 262 g/mol. The first-order valence-electron chi connectivity index (χ1n) is 8.66. The molecule has 1 saturated heterocycles. The number of hydrogen-bond acceptors (Lipinski definition) is 2. The second kappa shape index (κ2) is 4.73. The highest BCUT2D eigenvalue weighted by Gasteiger charge is 2.52. The van der Waals surface area contributed by atoms with Crippen LogP contribution in [0.2, 0.25) is 0 Å². The summed E-state index contributed by atoms with van der Waals surface area (Å²) in [6.45, 7) is 8.90. The van der Waals surface area contributed by atoms with Crippen molar-refractivity contribution < 1.29 is 0 Å². The molecule has 1 N–H and O–H groups in total. The summed E-state index contributed by atoms with van der Waals surface area (Å²) in [5.41, 5.74) is 0.750. The van der Waals surface area contributed by atoms with Crippen molar-refractivity contribution in [1.82, 2.24) is 10.2 Å². The summed E-state index contributed by atoms with van der Waals surface area (Å²) >= 11 is 0. The zero-order chi connectivity index (χ0) is 12.9. The molecule has 5 aliphatic rings. The first-order valence-corrected chi connectivity index (χ1v) is 8.66. The van der Waals surface area contributed by atoms with E-state index in [0.717, 1.165) is 29.1 Å². The molecule has 4 saturated carbocycles. The van der Waals surface area contributed by atoms with Crippen LogP contribution in [-0.4, -0.2) is 37.6 Å². The van der Waals surface area contributed by atoms with Gasteiger partial charge in [-0.15, -0.1) is 0 Å². The van der Waals surface area contributed by atoms with Crippen LogP contribution in [0.5, 0.6) is 0 Å². The molecule has 0 aromatic heterocycles. The van der Waals surface area contributed by atoms with Crippen molar-refractivity contribution in [3.63, 3.8) is 0 Å². The maximum absolute atomic E-state index is 3.48. The van der Waals surface area contributed by atoms with E-state index in [9.17, 15) is 0 Å². The van der Waals surface area contributed by atoms with Gasteiger partial charge in [-0.2, -0.15) is 0 Å². The molecule has 4 bridgehead atoms. The lowest BCUT2D eigenvalue weighted by Gasteiger charge is -2.59. The van der Waals surface area contributed by atoms with Crippen LogP contribution in [0.3, 0.4) is 0 Å². The van der Waals surface area contributed by atoms with Crippen LogP contribution in [0.4, 0.5) is 0 Å². The SMILES string of the molecule is CC(CN1CCNCC1)C12CC3CC(CC(C3)C1)C2. The number of rotatable bonds is 3. The van der Waals surface area contributed by atoms with Crippen LogP contribution in [0, 0.1) is 29.1 Å². The Balaban J connectivity index is 1.45. The highest BCUT2D eigenvalue weighted by Crippen LogP contribution is 2.62. The van der Waals surface area contributed by atoms with E-state index in [1.165, 1.54) is 32.7 Å². The van der Waals surface area contributed by atoms with Gasteiger partial charge in [0.25, 0.3) is 0 Å². The van der Waals surface area contributed by atoms with Gasteiger partial charge < -0.3 is 10.2 Å². The van der Waals surface area contributed by atoms with Crippen LogP contribution in [0.1, 0.15) is 45.4 Å². The molecule has 0 radical (unpaired) electrons. The van der Waals surface area contributed by atoms with Crippen molar-refractivity contribution in [1.29, 1.82) is 0 Å². The number of piperazine rings is 1. The molecule has 1 unspecified atom stereocenters. The van der Waals surface area contributed by atoms with Crippen LogP contribution in [0.25, 0.3) is 0 Å². The van der Waals surface area contributed by atoms with Gasteiger partial charge >= 0.3 is 0 Å². The Morgan fingerprint density at radius 3 is 2.05 bits per heavy atom. The highest BCUT2D eigenvalue weighted by atomic mass is 15.2. The molecular formula is C17H30N2. The summed E-state index contributed by atoms with van der Waals surface area (Å²) in [6, 6.07) is 0. The van der Waals surface area contributed by atoms with Gasteiger partial charge in [0.15, 0.2) is 0 Å². The van der Waals surface area contributed by atoms with E-state index >= 15 is 0 Å². The van der Waals surface area contributed by atoms with Gasteiger partial charge in [-0.1, -0.05) is 6.92 Å². The third kappa shape index (κ3) is 2.25. The molecule has 2 heteroatoms. The molecule has 19 heavy (non-hydrogen) atoms. The van der Waals surface area contributed by atoms with E-state index in [-0.39, 0.29) is 0 Å². The Bertz CT molecular complexity index is 297. The minimum absolute atomic E-state index is 0.750. The molecule has 4 aliphatic carbocycles. The third-order valence-corrected chi connectivity index (χ3v) is 6.87. The number of nitrogens with one attached hydrogen (secondary N) is 1. The zero-order valence-corrected chi connectivity index (χ0v) is 12.5. The van der Waals surface area contributed by atoms with Crippen molar-refractivity contribution in [2.24, 2.45) is 29.1 Å². The van der Waals surface area contributed by atoms with Crippen LogP contribution in [0.15, 0.2) is 0 Å². The van der Waals surface area contributed by atoms with Gasteiger partial charge in [0.2, 0.25) is 0 Å². The van der Waals surface area contributed by atoms with Gasteiger partial charge in [0, 0.05) is 32.7 Å². The molecule has 108 valence electrons. The summed E-state index contributed by atoms with van der Waals surface area (Å²) in [6.07, 6.45) is 9.48. The Kier molecular flexibility index (Phi) is 3.15. The lowest BCUT2D eigenvalue weighted by atomic mass is 9.46. The van der Waals surface area contributed by atoms with Gasteiger partial charge in [0.1, 0.15) is 0 Å². The molecule has 0 amide bonds. The van der Waals surface area contributed by atoms with Gasteiger partial charge in [-0.05, 0) is 67.6 Å². The van der Waals surface area contributed by atoms with Crippen LogP contribution in [-0.2, 0) is 0 Å². The zero-order valence-electron chi connectivity index (χ0n) is 12.5. The summed E-state index contributed by atoms with van der Waals surface area (Å²) in [4.78, 5) is 2.72. The Labute approximate surface area is 118 Å². The van der Waals surface area contributed by atoms with E-state index in [0.29, 0.717) is 0 Å². The summed E-state index contributed by atoms with van der Waals surface area (Å²) in [5.74, 6) is 4.25. The van der Waals surface area contributed by atoms with E-state index in [1.54, 1.807) is 38.5 Å². The minimum Gasteiger partial charge on any atom is -0.314 e. The third-order valence-electron chi connectivity index (χ3n) is 6.87. The lowest BCUT2D eigenvalue weighted by molar-refractivity contribution is -0.0892. The maximum Gasteiger partial charge on any atom is 0.0107 e. The normalized spacial score (nSPS) is 47.5. The van der Waals surface area contributed by atoms with E-state index in [4.69, 9.17) is 0 Å². The number of hydrogen-bond donors (Lipinski definition) is 1. The first kappa shape index (κ1) is 12.6. The Morgan fingerprint density at radius 2 is 1.53 bits per heavy atom. The largest absolute Gasteiger partial charge is 0.314 e. The molecule has 2 nitrogen and oxygen atoms in total. The minimum atomic E-state index is 0.750.